The van der Waals surface area contributed by atoms with E-state index in [0.717, 1.165) is 11.5 Å². The predicted molar refractivity (Wildman–Crippen MR) is 169 cm³/mol. The molecule has 11 rings (SSSR count). The number of ether oxygens (including phenoxy) is 1. The monoisotopic (exact) mass is 523 g/mol. The Morgan fingerprint density at radius 3 is 2.08 bits per heavy atom. The summed E-state index contributed by atoms with van der Waals surface area (Å²) in [6.07, 6.45) is 0. The van der Waals surface area contributed by atoms with Gasteiger partial charge in [0.2, 0.25) is 6.71 Å². The number of para-hydroxylation sites is 3. The highest BCUT2D eigenvalue weighted by Crippen LogP contribution is 2.45. The van der Waals surface area contributed by atoms with E-state index in [9.17, 15) is 0 Å². The Bertz CT molecular complexity index is 2370. The van der Waals surface area contributed by atoms with Crippen LogP contribution in [-0.2, 0) is 0 Å². The lowest BCUT2D eigenvalue weighted by atomic mass is 9.30. The topological polar surface area (TPSA) is 14.2 Å². The van der Waals surface area contributed by atoms with Crippen LogP contribution in [0.15, 0.2) is 107 Å². The Kier molecular flexibility index (Phi) is 3.43. The first-order chi connectivity index (χ1) is 19.8. The van der Waals surface area contributed by atoms with Gasteiger partial charge in [0.1, 0.15) is 11.5 Å². The van der Waals surface area contributed by atoms with E-state index in [0.29, 0.717) is 0 Å². The second kappa shape index (κ2) is 6.68. The van der Waals surface area contributed by atoms with E-state index in [1.807, 2.05) is 11.8 Å². The lowest BCUT2D eigenvalue weighted by molar-refractivity contribution is 0.482. The van der Waals surface area contributed by atoms with E-state index in [4.69, 9.17) is 4.74 Å². The molecular weight excluding hydrogens is 504 g/mol. The molecule has 182 valence electrons. The predicted octanol–water partition coefficient (Wildman–Crippen LogP) is 4.47. The van der Waals surface area contributed by atoms with E-state index in [-0.39, 0.29) is 13.4 Å². The van der Waals surface area contributed by atoms with Gasteiger partial charge in [-0.05, 0) is 57.1 Å². The molecule has 0 fully saturated rings. The first-order valence-corrected chi connectivity index (χ1v) is 14.8. The standard InChI is InChI=1S/C35H19B2NOS/c1-18-34-29-33-30-35(18)40-28-17-20-9-3-2-8-19(20)16-26(28)37(30)25-14-7-11-22-21-10-6-13-24(31(21)38(33)32(22)25)36(29)23-12-4-5-15-27(23)39-34/h2-17H,1H3. The molecule has 7 aromatic rings. The lowest BCUT2D eigenvalue weighted by Gasteiger charge is -2.41. The van der Waals surface area contributed by atoms with E-state index in [1.165, 1.54) is 86.4 Å². The van der Waals surface area contributed by atoms with Gasteiger partial charge in [-0.3, -0.25) is 0 Å². The summed E-state index contributed by atoms with van der Waals surface area (Å²) in [5.74, 6) is 2.04. The largest absolute Gasteiger partial charge is 0.458 e. The molecule has 4 aliphatic rings. The van der Waals surface area contributed by atoms with Crippen molar-refractivity contribution >= 4 is 90.5 Å². The summed E-state index contributed by atoms with van der Waals surface area (Å²) >= 11 is 1.94. The molecule has 0 saturated heterocycles. The second-order valence-electron chi connectivity index (χ2n) is 11.6. The van der Waals surface area contributed by atoms with Crippen molar-refractivity contribution in [1.29, 1.82) is 0 Å². The highest BCUT2D eigenvalue weighted by atomic mass is 32.2. The molecule has 4 aliphatic heterocycles. The molecule has 5 heteroatoms. The van der Waals surface area contributed by atoms with Gasteiger partial charge in [0, 0.05) is 42.8 Å². The fourth-order valence-electron chi connectivity index (χ4n) is 8.30. The summed E-state index contributed by atoms with van der Waals surface area (Å²) in [7, 11) is 0. The van der Waals surface area contributed by atoms with E-state index in [2.05, 4.69) is 109 Å². The molecule has 0 radical (unpaired) electrons. The molecule has 0 N–H and O–H groups in total. The number of hydrogen-bond donors (Lipinski definition) is 0. The zero-order valence-electron chi connectivity index (χ0n) is 21.7. The first-order valence-electron chi connectivity index (χ1n) is 14.0. The Morgan fingerprint density at radius 2 is 1.30 bits per heavy atom. The van der Waals surface area contributed by atoms with Crippen molar-refractivity contribution in [2.75, 3.05) is 0 Å². The van der Waals surface area contributed by atoms with Crippen LogP contribution in [0.1, 0.15) is 5.56 Å². The molecule has 5 heterocycles. The molecular formula is C35H19B2NOS. The highest BCUT2D eigenvalue weighted by molar-refractivity contribution is 8.00. The minimum Gasteiger partial charge on any atom is -0.458 e. The molecule has 0 spiro atoms. The quantitative estimate of drug-likeness (QED) is 0.273. The Labute approximate surface area is 235 Å². The molecule has 0 aliphatic carbocycles. The molecule has 0 unspecified atom stereocenters. The summed E-state index contributed by atoms with van der Waals surface area (Å²) < 4.78 is 9.48. The molecule has 0 saturated carbocycles. The third-order valence-corrected chi connectivity index (χ3v) is 11.1. The van der Waals surface area contributed by atoms with Crippen LogP contribution in [0.25, 0.3) is 38.3 Å². The molecule has 2 nitrogen and oxygen atoms in total. The van der Waals surface area contributed by atoms with E-state index < -0.39 is 0 Å². The van der Waals surface area contributed by atoms with Crippen molar-refractivity contribution in [1.82, 2.24) is 4.57 Å². The molecule has 0 bridgehead atoms. The van der Waals surface area contributed by atoms with Crippen LogP contribution >= 0.6 is 11.8 Å². The number of fused-ring (bicyclic) bond motifs is 8. The van der Waals surface area contributed by atoms with Crippen LogP contribution in [0.2, 0.25) is 0 Å². The Balaban J connectivity index is 1.41. The van der Waals surface area contributed by atoms with Gasteiger partial charge in [-0.1, -0.05) is 102 Å². The van der Waals surface area contributed by atoms with Gasteiger partial charge in [-0.15, -0.1) is 0 Å². The average molecular weight is 523 g/mol. The summed E-state index contributed by atoms with van der Waals surface area (Å²) in [6.45, 7) is 2.63. The maximum atomic E-state index is 6.86. The molecule has 0 atom stereocenters. The number of hydrogen-bond acceptors (Lipinski definition) is 2. The number of aromatic nitrogens is 1. The maximum absolute atomic E-state index is 6.86. The molecule has 6 aromatic carbocycles. The minimum absolute atomic E-state index is 0.157. The summed E-state index contributed by atoms with van der Waals surface area (Å²) in [6, 6.07) is 36.2. The van der Waals surface area contributed by atoms with Crippen molar-refractivity contribution in [2.45, 2.75) is 16.7 Å². The van der Waals surface area contributed by atoms with Gasteiger partial charge < -0.3 is 9.30 Å². The van der Waals surface area contributed by atoms with Crippen LogP contribution in [0.5, 0.6) is 11.5 Å². The number of benzene rings is 6. The zero-order valence-corrected chi connectivity index (χ0v) is 22.5. The van der Waals surface area contributed by atoms with Gasteiger partial charge in [-0.2, -0.15) is 0 Å². The zero-order chi connectivity index (χ0) is 25.9. The minimum atomic E-state index is 0.157. The molecule has 0 amide bonds. The smallest absolute Gasteiger partial charge is 0.256 e. The van der Waals surface area contributed by atoms with Crippen molar-refractivity contribution < 1.29 is 4.74 Å². The Hall–Kier alpha value is -4.34. The SMILES string of the molecule is Cc1c2c3c4c5c1Sc1cc6ccccc6cc1B5c1cccc5c6cccc(c6n-4c15)B3c1ccccc1O2. The normalized spacial score (nSPS) is 14.6. The maximum Gasteiger partial charge on any atom is 0.256 e. The third kappa shape index (κ3) is 2.14. The van der Waals surface area contributed by atoms with Crippen LogP contribution in [0, 0.1) is 6.92 Å². The van der Waals surface area contributed by atoms with Gasteiger partial charge in [0.25, 0.3) is 6.71 Å². The van der Waals surface area contributed by atoms with E-state index >= 15 is 0 Å². The van der Waals surface area contributed by atoms with E-state index in [1.54, 1.807) is 0 Å². The van der Waals surface area contributed by atoms with Crippen LogP contribution in [0.3, 0.4) is 0 Å². The van der Waals surface area contributed by atoms with Crippen molar-refractivity contribution in [3.63, 3.8) is 0 Å². The highest BCUT2D eigenvalue weighted by Gasteiger charge is 2.48. The summed E-state index contributed by atoms with van der Waals surface area (Å²) in [5.41, 5.74) is 13.7. The fraction of sp³-hybridized carbons (Fsp3) is 0.0286. The van der Waals surface area contributed by atoms with Crippen molar-refractivity contribution in [3.05, 3.63) is 103 Å². The van der Waals surface area contributed by atoms with Crippen LogP contribution < -0.4 is 37.5 Å². The Morgan fingerprint density at radius 1 is 0.650 bits per heavy atom. The van der Waals surface area contributed by atoms with Gasteiger partial charge in [0.05, 0.1) is 0 Å². The average Bonchev–Trinajstić information content (AvgIpc) is 3.34. The lowest BCUT2D eigenvalue weighted by Crippen LogP contribution is -2.65. The number of nitrogens with zero attached hydrogens (tertiary/aromatic N) is 1. The number of rotatable bonds is 0. The van der Waals surface area contributed by atoms with Gasteiger partial charge in [-0.25, -0.2) is 0 Å². The van der Waals surface area contributed by atoms with Crippen molar-refractivity contribution in [3.8, 4) is 17.2 Å². The third-order valence-electron chi connectivity index (χ3n) is 9.82. The summed E-state index contributed by atoms with van der Waals surface area (Å²) in [4.78, 5) is 2.72. The van der Waals surface area contributed by atoms with Crippen LogP contribution in [-0.4, -0.2) is 18.0 Å². The van der Waals surface area contributed by atoms with Gasteiger partial charge in [0.15, 0.2) is 0 Å². The second-order valence-corrected chi connectivity index (χ2v) is 12.7. The molecule has 40 heavy (non-hydrogen) atoms. The van der Waals surface area contributed by atoms with Gasteiger partial charge >= 0.3 is 0 Å². The molecule has 1 aromatic heterocycles. The van der Waals surface area contributed by atoms with Crippen molar-refractivity contribution in [2.24, 2.45) is 0 Å². The summed E-state index contributed by atoms with van der Waals surface area (Å²) in [5, 5.41) is 5.31. The van der Waals surface area contributed by atoms with Crippen LogP contribution in [0.4, 0.5) is 0 Å². The first kappa shape index (κ1) is 20.5. The fourth-order valence-corrected chi connectivity index (χ4v) is 9.58.